The Morgan fingerprint density at radius 3 is 2.58 bits per heavy atom. The molecule has 1 amide bonds. The second-order valence-corrected chi connectivity index (χ2v) is 5.16. The van der Waals surface area contributed by atoms with Crippen LogP contribution in [-0.2, 0) is 9.53 Å². The highest BCUT2D eigenvalue weighted by Gasteiger charge is 2.50. The van der Waals surface area contributed by atoms with Crippen molar-refractivity contribution in [2.75, 3.05) is 7.11 Å². The van der Waals surface area contributed by atoms with Crippen molar-refractivity contribution in [2.45, 2.75) is 31.3 Å². The van der Waals surface area contributed by atoms with E-state index in [-0.39, 0.29) is 29.9 Å². The molecular formula is C14H16N2O3. The fourth-order valence-electron chi connectivity index (χ4n) is 3.19. The first-order valence-electron chi connectivity index (χ1n) is 6.52. The van der Waals surface area contributed by atoms with Gasteiger partial charge in [-0.15, -0.1) is 0 Å². The Hall–Kier alpha value is -1.91. The van der Waals surface area contributed by atoms with Crippen LogP contribution in [0.3, 0.4) is 0 Å². The van der Waals surface area contributed by atoms with Gasteiger partial charge in [0.05, 0.1) is 13.0 Å². The average Bonchev–Trinajstić information content (AvgIpc) is 2.47. The molecular weight excluding hydrogens is 244 g/mol. The number of esters is 1. The number of carbonyl (C=O) groups excluding carboxylic acids is 2. The summed E-state index contributed by atoms with van der Waals surface area (Å²) in [6, 6.07) is 5.66. The smallest absolute Gasteiger partial charge is 0.308 e. The lowest BCUT2D eigenvalue weighted by Gasteiger charge is -2.54. The number of pyridine rings is 1. The molecule has 0 spiro atoms. The molecule has 3 fully saturated rings. The molecule has 2 bridgehead atoms. The third-order valence-corrected chi connectivity index (χ3v) is 4.10. The van der Waals surface area contributed by atoms with Gasteiger partial charge in [0, 0.05) is 18.3 Å². The predicted molar refractivity (Wildman–Crippen MR) is 67.3 cm³/mol. The number of rotatable bonds is 2. The third-order valence-electron chi connectivity index (χ3n) is 4.10. The molecule has 1 aromatic rings. The van der Waals surface area contributed by atoms with Gasteiger partial charge in [-0.3, -0.25) is 14.6 Å². The molecule has 1 aliphatic carbocycles. The first-order valence-corrected chi connectivity index (χ1v) is 6.52. The van der Waals surface area contributed by atoms with Crippen LogP contribution in [-0.4, -0.2) is 41.0 Å². The summed E-state index contributed by atoms with van der Waals surface area (Å²) in [6.07, 6.45) is 4.04. The zero-order chi connectivity index (χ0) is 13.4. The molecule has 0 aromatic carbocycles. The van der Waals surface area contributed by atoms with Crippen molar-refractivity contribution in [3.05, 3.63) is 30.1 Å². The summed E-state index contributed by atoms with van der Waals surface area (Å²) in [5.74, 6) is -0.230. The van der Waals surface area contributed by atoms with E-state index in [4.69, 9.17) is 4.74 Å². The van der Waals surface area contributed by atoms with Gasteiger partial charge in [-0.05, 0) is 31.4 Å². The lowest BCUT2D eigenvalue weighted by Crippen LogP contribution is -2.63. The number of hydrogen-bond acceptors (Lipinski definition) is 4. The van der Waals surface area contributed by atoms with E-state index in [1.54, 1.807) is 18.3 Å². The molecule has 2 unspecified atom stereocenters. The molecule has 100 valence electrons. The SMILES string of the molecule is COC(=O)C1CC2CC(C1)N2C(=O)c1ccccn1. The summed E-state index contributed by atoms with van der Waals surface area (Å²) in [7, 11) is 1.42. The number of amides is 1. The van der Waals surface area contributed by atoms with Gasteiger partial charge in [-0.1, -0.05) is 6.07 Å². The first kappa shape index (κ1) is 12.1. The largest absolute Gasteiger partial charge is 0.469 e. The second kappa shape index (κ2) is 4.64. The van der Waals surface area contributed by atoms with Crippen LogP contribution in [0.4, 0.5) is 0 Å². The number of nitrogens with zero attached hydrogens (tertiary/aromatic N) is 2. The molecule has 19 heavy (non-hydrogen) atoms. The number of hydrogen-bond donors (Lipinski definition) is 0. The van der Waals surface area contributed by atoms with Gasteiger partial charge < -0.3 is 9.64 Å². The fourth-order valence-corrected chi connectivity index (χ4v) is 3.19. The van der Waals surface area contributed by atoms with E-state index in [2.05, 4.69) is 4.98 Å². The summed E-state index contributed by atoms with van der Waals surface area (Å²) >= 11 is 0. The van der Waals surface area contributed by atoms with Crippen LogP contribution in [0.25, 0.3) is 0 Å². The Morgan fingerprint density at radius 2 is 2.00 bits per heavy atom. The molecule has 5 heteroatoms. The predicted octanol–water partition coefficient (Wildman–Crippen LogP) is 1.25. The maximum atomic E-state index is 12.3. The molecule has 3 heterocycles. The van der Waals surface area contributed by atoms with Crippen LogP contribution in [0.1, 0.15) is 29.8 Å². The lowest BCUT2D eigenvalue weighted by atomic mass is 9.73. The van der Waals surface area contributed by atoms with Crippen molar-refractivity contribution in [1.82, 2.24) is 9.88 Å². The molecule has 0 radical (unpaired) electrons. The number of piperidine rings is 1. The van der Waals surface area contributed by atoms with Crippen LogP contribution in [0, 0.1) is 5.92 Å². The van der Waals surface area contributed by atoms with E-state index in [0.29, 0.717) is 18.5 Å². The highest BCUT2D eigenvalue weighted by Crippen LogP contribution is 2.42. The van der Waals surface area contributed by atoms with Crippen molar-refractivity contribution in [3.63, 3.8) is 0 Å². The van der Waals surface area contributed by atoms with E-state index in [0.717, 1.165) is 6.42 Å². The van der Waals surface area contributed by atoms with E-state index in [1.165, 1.54) is 7.11 Å². The number of ether oxygens (including phenoxy) is 1. The Balaban J connectivity index is 1.70. The standard InChI is InChI=1S/C14H16N2O3/c1-19-14(18)9-6-10-8-11(7-9)16(10)13(17)12-4-2-3-5-15-12/h2-5,9-11H,6-8H2,1H3. The van der Waals surface area contributed by atoms with Gasteiger partial charge in [0.1, 0.15) is 5.69 Å². The molecule has 1 aromatic heterocycles. The zero-order valence-corrected chi connectivity index (χ0v) is 10.8. The topological polar surface area (TPSA) is 59.5 Å². The van der Waals surface area contributed by atoms with Crippen LogP contribution in [0.2, 0.25) is 0 Å². The highest BCUT2D eigenvalue weighted by molar-refractivity contribution is 5.93. The summed E-state index contributed by atoms with van der Waals surface area (Å²) < 4.78 is 4.78. The molecule has 4 rings (SSSR count). The normalized spacial score (nSPS) is 28.5. The lowest BCUT2D eigenvalue weighted by molar-refractivity contribution is -0.151. The van der Waals surface area contributed by atoms with Crippen molar-refractivity contribution in [2.24, 2.45) is 5.92 Å². The van der Waals surface area contributed by atoms with Gasteiger partial charge in [0.15, 0.2) is 0 Å². The Kier molecular flexibility index (Phi) is 2.97. The molecule has 2 saturated heterocycles. The molecule has 5 nitrogen and oxygen atoms in total. The minimum absolute atomic E-state index is 0.0230. The van der Waals surface area contributed by atoms with Gasteiger partial charge in [-0.2, -0.15) is 0 Å². The summed E-state index contributed by atoms with van der Waals surface area (Å²) in [5, 5.41) is 0. The zero-order valence-electron chi connectivity index (χ0n) is 10.8. The second-order valence-electron chi connectivity index (χ2n) is 5.16. The molecule has 0 N–H and O–H groups in total. The van der Waals surface area contributed by atoms with Crippen LogP contribution < -0.4 is 0 Å². The summed E-state index contributed by atoms with van der Waals surface area (Å²) in [4.78, 5) is 29.8. The number of fused-ring (bicyclic) bond motifs is 2. The average molecular weight is 260 g/mol. The van der Waals surface area contributed by atoms with E-state index < -0.39 is 0 Å². The number of carbonyl (C=O) groups is 2. The van der Waals surface area contributed by atoms with Crippen LogP contribution in [0.15, 0.2) is 24.4 Å². The molecule has 2 aliphatic heterocycles. The van der Waals surface area contributed by atoms with Crippen molar-refractivity contribution in [3.8, 4) is 0 Å². The van der Waals surface area contributed by atoms with E-state index in [1.807, 2.05) is 11.0 Å². The Bertz CT molecular complexity index is 491. The molecule has 3 aliphatic rings. The van der Waals surface area contributed by atoms with E-state index >= 15 is 0 Å². The Labute approximate surface area is 111 Å². The highest BCUT2D eigenvalue weighted by atomic mass is 16.5. The fraction of sp³-hybridized carbons (Fsp3) is 0.500. The van der Waals surface area contributed by atoms with Crippen LogP contribution in [0.5, 0.6) is 0 Å². The van der Waals surface area contributed by atoms with Crippen molar-refractivity contribution >= 4 is 11.9 Å². The monoisotopic (exact) mass is 260 g/mol. The van der Waals surface area contributed by atoms with Crippen LogP contribution >= 0.6 is 0 Å². The van der Waals surface area contributed by atoms with Gasteiger partial charge in [-0.25, -0.2) is 0 Å². The number of methoxy groups -OCH3 is 1. The van der Waals surface area contributed by atoms with E-state index in [9.17, 15) is 9.59 Å². The summed E-state index contributed by atoms with van der Waals surface area (Å²) in [6.45, 7) is 0. The maximum absolute atomic E-state index is 12.3. The van der Waals surface area contributed by atoms with Crippen molar-refractivity contribution in [1.29, 1.82) is 0 Å². The maximum Gasteiger partial charge on any atom is 0.308 e. The van der Waals surface area contributed by atoms with Crippen molar-refractivity contribution < 1.29 is 14.3 Å². The van der Waals surface area contributed by atoms with Gasteiger partial charge >= 0.3 is 5.97 Å². The molecule has 1 saturated carbocycles. The summed E-state index contributed by atoms with van der Waals surface area (Å²) in [5.41, 5.74) is 0.480. The molecule has 2 atom stereocenters. The van der Waals surface area contributed by atoms with Gasteiger partial charge in [0.25, 0.3) is 5.91 Å². The third kappa shape index (κ3) is 1.99. The minimum atomic E-state index is -0.153. The van der Waals surface area contributed by atoms with Gasteiger partial charge in [0.2, 0.25) is 0 Å². The minimum Gasteiger partial charge on any atom is -0.469 e. The quantitative estimate of drug-likeness (QED) is 0.751. The first-order chi connectivity index (χ1) is 9.20. The Morgan fingerprint density at radius 1 is 1.26 bits per heavy atom. The number of aromatic nitrogens is 1.